The van der Waals surface area contributed by atoms with E-state index in [0.717, 1.165) is 42.9 Å². The molecule has 194 valence electrons. The third-order valence-corrected chi connectivity index (χ3v) is 7.49. The quantitative estimate of drug-likeness (QED) is 0.406. The van der Waals surface area contributed by atoms with Gasteiger partial charge in [-0.05, 0) is 47.4 Å². The van der Waals surface area contributed by atoms with Gasteiger partial charge in [-0.1, -0.05) is 66.2 Å². The fourth-order valence-corrected chi connectivity index (χ4v) is 5.06. The monoisotopic (exact) mass is 519 g/mol. The molecule has 3 aromatic rings. The number of nitrogens with zero attached hydrogens (tertiary/aromatic N) is 2. The molecule has 2 fully saturated rings. The van der Waals surface area contributed by atoms with Crippen LogP contribution in [0, 0.1) is 0 Å². The summed E-state index contributed by atoms with van der Waals surface area (Å²) >= 11 is 6.14. The van der Waals surface area contributed by atoms with Gasteiger partial charge in [-0.3, -0.25) is 4.90 Å². The van der Waals surface area contributed by atoms with Crippen LogP contribution < -0.4 is 10.1 Å². The zero-order chi connectivity index (χ0) is 25.6. The molecule has 1 saturated carbocycles. The van der Waals surface area contributed by atoms with Crippen LogP contribution >= 0.6 is 11.6 Å². The SMILES string of the molecule is COc1cccc(CO[C@@H](CN2CCN(C(=O)N[C@H]3C[C@H]3c3ccccc3)CC2)c2ccc(Cl)cc2)c1. The zero-order valence-electron chi connectivity index (χ0n) is 21.2. The van der Waals surface area contributed by atoms with Crippen molar-refractivity contribution in [1.29, 1.82) is 0 Å². The van der Waals surface area contributed by atoms with Crippen LogP contribution in [0.1, 0.15) is 35.1 Å². The highest BCUT2D eigenvalue weighted by Crippen LogP contribution is 2.40. The number of carbonyl (C=O) groups excluding carboxylic acids is 1. The van der Waals surface area contributed by atoms with E-state index in [4.69, 9.17) is 21.1 Å². The maximum absolute atomic E-state index is 12.9. The molecular weight excluding hydrogens is 486 g/mol. The van der Waals surface area contributed by atoms with Crippen molar-refractivity contribution in [1.82, 2.24) is 15.1 Å². The lowest BCUT2D eigenvalue weighted by Gasteiger charge is -2.36. The van der Waals surface area contributed by atoms with E-state index in [0.29, 0.717) is 30.6 Å². The highest BCUT2D eigenvalue weighted by atomic mass is 35.5. The molecule has 2 aliphatic rings. The van der Waals surface area contributed by atoms with Crippen LogP contribution in [-0.2, 0) is 11.3 Å². The minimum Gasteiger partial charge on any atom is -0.497 e. The van der Waals surface area contributed by atoms with Crippen LogP contribution in [0.5, 0.6) is 5.75 Å². The number of halogens is 1. The van der Waals surface area contributed by atoms with E-state index in [1.807, 2.05) is 59.5 Å². The lowest BCUT2D eigenvalue weighted by Crippen LogP contribution is -2.52. The molecule has 37 heavy (non-hydrogen) atoms. The first-order chi connectivity index (χ1) is 18.1. The molecule has 1 aliphatic carbocycles. The van der Waals surface area contributed by atoms with Gasteiger partial charge in [-0.25, -0.2) is 4.79 Å². The number of hydrogen-bond donors (Lipinski definition) is 1. The largest absolute Gasteiger partial charge is 0.497 e. The molecule has 3 atom stereocenters. The van der Waals surface area contributed by atoms with Gasteiger partial charge < -0.3 is 19.7 Å². The van der Waals surface area contributed by atoms with Crippen molar-refractivity contribution < 1.29 is 14.3 Å². The van der Waals surface area contributed by atoms with Gasteiger partial charge in [0.05, 0.1) is 19.8 Å². The maximum Gasteiger partial charge on any atom is 0.317 e. The molecule has 0 radical (unpaired) electrons. The second-order valence-electron chi connectivity index (χ2n) is 9.80. The lowest BCUT2D eigenvalue weighted by molar-refractivity contribution is 0.00550. The highest BCUT2D eigenvalue weighted by molar-refractivity contribution is 6.30. The third-order valence-electron chi connectivity index (χ3n) is 7.24. The van der Waals surface area contributed by atoms with E-state index in [1.165, 1.54) is 5.56 Å². The summed E-state index contributed by atoms with van der Waals surface area (Å²) in [6.45, 7) is 4.27. The smallest absolute Gasteiger partial charge is 0.317 e. The number of rotatable bonds is 9. The number of benzene rings is 3. The molecule has 5 rings (SSSR count). The molecule has 6 nitrogen and oxygen atoms in total. The number of amides is 2. The van der Waals surface area contributed by atoms with E-state index in [9.17, 15) is 4.79 Å². The van der Waals surface area contributed by atoms with Crippen molar-refractivity contribution >= 4 is 17.6 Å². The topological polar surface area (TPSA) is 54.0 Å². The summed E-state index contributed by atoms with van der Waals surface area (Å²) in [5, 5.41) is 3.94. The van der Waals surface area contributed by atoms with Crippen LogP contribution in [0.2, 0.25) is 5.02 Å². The molecule has 0 bridgehead atoms. The van der Waals surface area contributed by atoms with Crippen LogP contribution in [-0.4, -0.2) is 61.7 Å². The van der Waals surface area contributed by atoms with Crippen molar-refractivity contribution in [3.8, 4) is 5.75 Å². The molecule has 0 unspecified atom stereocenters. The molecule has 2 amide bonds. The minimum absolute atomic E-state index is 0.0478. The highest BCUT2D eigenvalue weighted by Gasteiger charge is 2.40. The Hall–Kier alpha value is -3.06. The fourth-order valence-electron chi connectivity index (χ4n) is 4.93. The predicted octanol–water partition coefficient (Wildman–Crippen LogP) is 5.49. The average Bonchev–Trinajstić information content (AvgIpc) is 3.71. The number of methoxy groups -OCH3 is 1. The molecule has 0 aromatic heterocycles. The van der Waals surface area contributed by atoms with Gasteiger partial charge in [0.1, 0.15) is 5.75 Å². The molecule has 1 N–H and O–H groups in total. The van der Waals surface area contributed by atoms with Crippen LogP contribution in [0.25, 0.3) is 0 Å². The number of carbonyl (C=O) groups is 1. The Balaban J connectivity index is 1.14. The van der Waals surface area contributed by atoms with Crippen molar-refractivity contribution in [2.45, 2.75) is 31.1 Å². The lowest BCUT2D eigenvalue weighted by atomic mass is 10.1. The number of urea groups is 1. The van der Waals surface area contributed by atoms with Gasteiger partial charge in [0.2, 0.25) is 0 Å². The Kier molecular flexibility index (Phi) is 8.29. The molecule has 0 spiro atoms. The minimum atomic E-state index is -0.109. The van der Waals surface area contributed by atoms with Gasteiger partial charge >= 0.3 is 6.03 Å². The van der Waals surface area contributed by atoms with E-state index in [-0.39, 0.29) is 18.2 Å². The number of piperazine rings is 1. The second kappa shape index (κ2) is 12.0. The molecule has 3 aromatic carbocycles. The number of nitrogens with one attached hydrogen (secondary N) is 1. The van der Waals surface area contributed by atoms with Gasteiger partial charge in [0, 0.05) is 49.7 Å². The average molecular weight is 520 g/mol. The summed E-state index contributed by atoms with van der Waals surface area (Å²) in [7, 11) is 1.67. The van der Waals surface area contributed by atoms with Crippen molar-refractivity contribution in [3.05, 3.63) is 101 Å². The van der Waals surface area contributed by atoms with E-state index >= 15 is 0 Å². The summed E-state index contributed by atoms with van der Waals surface area (Å²) in [6, 6.07) is 26.5. The number of hydrogen-bond acceptors (Lipinski definition) is 4. The Morgan fingerprint density at radius 3 is 2.49 bits per heavy atom. The first-order valence-corrected chi connectivity index (χ1v) is 13.3. The van der Waals surface area contributed by atoms with Gasteiger partial charge in [-0.15, -0.1) is 0 Å². The Morgan fingerprint density at radius 2 is 1.76 bits per heavy atom. The summed E-state index contributed by atoms with van der Waals surface area (Å²) in [6.07, 6.45) is 0.908. The fraction of sp³-hybridized carbons (Fsp3) is 0.367. The van der Waals surface area contributed by atoms with E-state index in [1.54, 1.807) is 7.11 Å². The predicted molar refractivity (Wildman–Crippen MR) is 146 cm³/mol. The summed E-state index contributed by atoms with van der Waals surface area (Å²) in [4.78, 5) is 17.2. The summed E-state index contributed by atoms with van der Waals surface area (Å²) < 4.78 is 11.8. The second-order valence-corrected chi connectivity index (χ2v) is 10.2. The van der Waals surface area contributed by atoms with E-state index in [2.05, 4.69) is 34.5 Å². The normalized spacial score (nSPS) is 20.3. The molecule has 1 heterocycles. The van der Waals surface area contributed by atoms with Crippen LogP contribution in [0.15, 0.2) is 78.9 Å². The molecule has 1 aliphatic heterocycles. The Morgan fingerprint density at radius 1 is 1.00 bits per heavy atom. The van der Waals surface area contributed by atoms with Gasteiger partial charge in [0.15, 0.2) is 0 Å². The van der Waals surface area contributed by atoms with Gasteiger partial charge in [0.25, 0.3) is 0 Å². The number of ether oxygens (including phenoxy) is 2. The molecular formula is C30H34ClN3O3. The molecule has 7 heteroatoms. The van der Waals surface area contributed by atoms with Crippen molar-refractivity contribution in [3.63, 3.8) is 0 Å². The van der Waals surface area contributed by atoms with Gasteiger partial charge in [-0.2, -0.15) is 0 Å². The third kappa shape index (κ3) is 6.83. The molecule has 1 saturated heterocycles. The Labute approximate surface area is 224 Å². The summed E-state index contributed by atoms with van der Waals surface area (Å²) in [5.41, 5.74) is 3.46. The first kappa shape index (κ1) is 25.6. The Bertz CT molecular complexity index is 1170. The maximum atomic E-state index is 12.9. The standard InChI is InChI=1S/C30H34ClN3O3/c1-36-26-9-5-6-22(18-26)21-37-29(24-10-12-25(31)13-11-24)20-33-14-16-34(17-15-33)30(35)32-28-19-27(28)23-7-3-2-4-8-23/h2-13,18,27-29H,14-17,19-21H2,1H3,(H,32,35)/t27-,28-,29-/m0/s1. The van der Waals surface area contributed by atoms with Crippen LogP contribution in [0.3, 0.4) is 0 Å². The zero-order valence-corrected chi connectivity index (χ0v) is 21.9. The van der Waals surface area contributed by atoms with Crippen molar-refractivity contribution in [2.24, 2.45) is 0 Å². The van der Waals surface area contributed by atoms with Crippen LogP contribution in [0.4, 0.5) is 4.79 Å². The van der Waals surface area contributed by atoms with E-state index < -0.39 is 0 Å². The first-order valence-electron chi connectivity index (χ1n) is 12.9. The summed E-state index contributed by atoms with van der Waals surface area (Å²) in [5.74, 6) is 1.26. The van der Waals surface area contributed by atoms with Crippen molar-refractivity contribution in [2.75, 3.05) is 39.8 Å².